The van der Waals surface area contributed by atoms with Gasteiger partial charge in [-0.25, -0.2) is 0 Å². The SMILES string of the molecule is O=C(C=Cc1cnn(Cc2ccccc2Cl)c1)c1cccc([N+](=O)[O-])c1. The van der Waals surface area contributed by atoms with Crippen molar-refractivity contribution in [3.63, 3.8) is 0 Å². The molecule has 0 aliphatic carbocycles. The number of nitrogens with zero attached hydrogens (tertiary/aromatic N) is 3. The van der Waals surface area contributed by atoms with Crippen molar-refractivity contribution in [3.8, 4) is 0 Å². The highest BCUT2D eigenvalue weighted by Crippen LogP contribution is 2.17. The van der Waals surface area contributed by atoms with Crippen LogP contribution >= 0.6 is 11.6 Å². The first kappa shape index (κ1) is 17.6. The van der Waals surface area contributed by atoms with Crippen LogP contribution in [0.5, 0.6) is 0 Å². The second kappa shape index (κ2) is 7.76. The van der Waals surface area contributed by atoms with E-state index in [9.17, 15) is 14.9 Å². The lowest BCUT2D eigenvalue weighted by atomic mass is 10.1. The van der Waals surface area contributed by atoms with Crippen LogP contribution in [-0.2, 0) is 6.54 Å². The van der Waals surface area contributed by atoms with Gasteiger partial charge in [0.15, 0.2) is 5.78 Å². The largest absolute Gasteiger partial charge is 0.289 e. The summed E-state index contributed by atoms with van der Waals surface area (Å²) in [6.07, 6.45) is 6.42. The second-order valence-corrected chi connectivity index (χ2v) is 5.97. The summed E-state index contributed by atoms with van der Waals surface area (Å²) in [6.45, 7) is 0.520. The van der Waals surface area contributed by atoms with E-state index < -0.39 is 4.92 Å². The van der Waals surface area contributed by atoms with Gasteiger partial charge in [0.25, 0.3) is 5.69 Å². The topological polar surface area (TPSA) is 78.0 Å². The first-order valence-electron chi connectivity index (χ1n) is 7.75. The number of aromatic nitrogens is 2. The number of benzene rings is 2. The molecule has 0 atom stereocenters. The van der Waals surface area contributed by atoms with Crippen LogP contribution in [0.2, 0.25) is 5.02 Å². The Labute approximate surface area is 154 Å². The van der Waals surface area contributed by atoms with Gasteiger partial charge < -0.3 is 0 Å². The Morgan fingerprint density at radius 3 is 2.81 bits per heavy atom. The van der Waals surface area contributed by atoms with E-state index in [4.69, 9.17) is 11.6 Å². The highest BCUT2D eigenvalue weighted by molar-refractivity contribution is 6.31. The highest BCUT2D eigenvalue weighted by Gasteiger charge is 2.09. The van der Waals surface area contributed by atoms with E-state index in [2.05, 4.69) is 5.10 Å². The van der Waals surface area contributed by atoms with Gasteiger partial charge in [-0.1, -0.05) is 41.9 Å². The molecule has 6 nitrogen and oxygen atoms in total. The smallest absolute Gasteiger partial charge is 0.270 e. The number of rotatable bonds is 6. The summed E-state index contributed by atoms with van der Waals surface area (Å²) in [5.74, 6) is -0.312. The van der Waals surface area contributed by atoms with Crippen LogP contribution in [-0.4, -0.2) is 20.5 Å². The Hall–Kier alpha value is -3.25. The van der Waals surface area contributed by atoms with Crippen molar-refractivity contribution >= 4 is 29.1 Å². The van der Waals surface area contributed by atoms with Crippen LogP contribution in [0.4, 0.5) is 5.69 Å². The van der Waals surface area contributed by atoms with Crippen LogP contribution in [0, 0.1) is 10.1 Å². The van der Waals surface area contributed by atoms with Crippen LogP contribution in [0.25, 0.3) is 6.08 Å². The van der Waals surface area contributed by atoms with E-state index >= 15 is 0 Å². The summed E-state index contributed by atoms with van der Waals surface area (Å²) < 4.78 is 1.72. The van der Waals surface area contributed by atoms with Gasteiger partial charge in [0, 0.05) is 34.5 Å². The standard InChI is InChI=1S/C19H14ClN3O3/c20-18-7-2-1-4-16(18)13-22-12-14(11-21-22)8-9-19(24)15-5-3-6-17(10-15)23(25)26/h1-12H,13H2. The van der Waals surface area contributed by atoms with E-state index in [1.807, 2.05) is 24.3 Å². The molecule has 1 heterocycles. The van der Waals surface area contributed by atoms with Gasteiger partial charge in [-0.05, 0) is 23.8 Å². The lowest BCUT2D eigenvalue weighted by molar-refractivity contribution is -0.384. The molecule has 0 N–H and O–H groups in total. The molecule has 0 unspecified atom stereocenters. The quantitative estimate of drug-likeness (QED) is 0.280. The molecule has 0 radical (unpaired) electrons. The number of ketones is 1. The van der Waals surface area contributed by atoms with Crippen LogP contribution in [0.15, 0.2) is 67.0 Å². The monoisotopic (exact) mass is 367 g/mol. The fourth-order valence-corrected chi connectivity index (χ4v) is 2.59. The van der Waals surface area contributed by atoms with Crippen molar-refractivity contribution < 1.29 is 9.72 Å². The van der Waals surface area contributed by atoms with Gasteiger partial charge in [-0.2, -0.15) is 5.10 Å². The minimum atomic E-state index is -0.529. The molecule has 1 aromatic heterocycles. The molecule has 0 amide bonds. The van der Waals surface area contributed by atoms with Crippen LogP contribution in [0.1, 0.15) is 21.5 Å². The molecule has 0 saturated carbocycles. The molecule has 0 bridgehead atoms. The molecule has 3 rings (SSSR count). The molecule has 130 valence electrons. The zero-order valence-electron chi connectivity index (χ0n) is 13.6. The number of hydrogen-bond donors (Lipinski definition) is 0. The number of halogens is 1. The Kier molecular flexibility index (Phi) is 5.24. The number of non-ortho nitro benzene ring substituents is 1. The number of nitro groups is 1. The lowest BCUT2D eigenvalue weighted by Crippen LogP contribution is -2.00. The van der Waals surface area contributed by atoms with Crippen LogP contribution < -0.4 is 0 Å². The summed E-state index contributed by atoms with van der Waals surface area (Å²) in [5.41, 5.74) is 1.84. The molecular formula is C19H14ClN3O3. The van der Waals surface area contributed by atoms with Gasteiger partial charge in [-0.15, -0.1) is 0 Å². The summed E-state index contributed by atoms with van der Waals surface area (Å²) in [6, 6.07) is 13.1. The maximum atomic E-state index is 12.2. The van der Waals surface area contributed by atoms with Crippen molar-refractivity contribution in [2.45, 2.75) is 6.54 Å². The number of carbonyl (C=O) groups excluding carboxylic acids is 1. The average molecular weight is 368 g/mol. The molecule has 2 aromatic carbocycles. The predicted octanol–water partition coefficient (Wildman–Crippen LogP) is 4.39. The van der Waals surface area contributed by atoms with Crippen LogP contribution in [0.3, 0.4) is 0 Å². The van der Waals surface area contributed by atoms with E-state index in [-0.39, 0.29) is 17.0 Å². The summed E-state index contributed by atoms with van der Waals surface area (Å²) in [4.78, 5) is 22.4. The molecule has 0 fully saturated rings. The van der Waals surface area contributed by atoms with E-state index in [1.165, 1.54) is 24.3 Å². The third-order valence-corrected chi connectivity index (χ3v) is 4.08. The number of allylic oxidation sites excluding steroid dienone is 1. The molecule has 0 saturated heterocycles. The maximum Gasteiger partial charge on any atom is 0.270 e. The molecule has 0 aliphatic heterocycles. The Morgan fingerprint density at radius 2 is 2.04 bits per heavy atom. The van der Waals surface area contributed by atoms with Gasteiger partial charge >= 0.3 is 0 Å². The van der Waals surface area contributed by atoms with Crippen molar-refractivity contribution in [1.29, 1.82) is 0 Å². The summed E-state index contributed by atoms with van der Waals surface area (Å²) >= 11 is 6.14. The van der Waals surface area contributed by atoms with E-state index in [0.29, 0.717) is 11.6 Å². The molecule has 26 heavy (non-hydrogen) atoms. The maximum absolute atomic E-state index is 12.2. The van der Waals surface area contributed by atoms with Crippen molar-refractivity contribution in [2.24, 2.45) is 0 Å². The Morgan fingerprint density at radius 1 is 1.23 bits per heavy atom. The fraction of sp³-hybridized carbons (Fsp3) is 0.0526. The Balaban J connectivity index is 1.70. The first-order valence-corrected chi connectivity index (χ1v) is 8.13. The van der Waals surface area contributed by atoms with E-state index in [1.54, 1.807) is 29.2 Å². The lowest BCUT2D eigenvalue weighted by Gasteiger charge is -2.03. The highest BCUT2D eigenvalue weighted by atomic mass is 35.5. The van der Waals surface area contributed by atoms with Crippen molar-refractivity contribution in [2.75, 3.05) is 0 Å². The van der Waals surface area contributed by atoms with E-state index in [0.717, 1.165) is 11.1 Å². The predicted molar refractivity (Wildman–Crippen MR) is 99.2 cm³/mol. The van der Waals surface area contributed by atoms with Gasteiger partial charge in [0.2, 0.25) is 0 Å². The molecule has 7 heteroatoms. The third kappa shape index (κ3) is 4.23. The fourth-order valence-electron chi connectivity index (χ4n) is 2.39. The number of carbonyl (C=O) groups is 1. The minimum absolute atomic E-state index is 0.114. The average Bonchev–Trinajstić information content (AvgIpc) is 3.09. The number of nitro benzene ring substituents is 1. The zero-order valence-corrected chi connectivity index (χ0v) is 14.3. The minimum Gasteiger partial charge on any atom is -0.289 e. The molecule has 0 aliphatic rings. The Bertz CT molecular complexity index is 995. The summed E-state index contributed by atoms with van der Waals surface area (Å²) in [7, 11) is 0. The van der Waals surface area contributed by atoms with Gasteiger partial charge in [0.05, 0.1) is 17.7 Å². The van der Waals surface area contributed by atoms with Crippen molar-refractivity contribution in [3.05, 3.63) is 98.8 Å². The second-order valence-electron chi connectivity index (χ2n) is 5.57. The van der Waals surface area contributed by atoms with Crippen molar-refractivity contribution in [1.82, 2.24) is 9.78 Å². The number of hydrogen-bond acceptors (Lipinski definition) is 4. The normalized spacial score (nSPS) is 11.0. The zero-order chi connectivity index (χ0) is 18.5. The third-order valence-electron chi connectivity index (χ3n) is 3.71. The van der Waals surface area contributed by atoms with Gasteiger partial charge in [-0.3, -0.25) is 19.6 Å². The summed E-state index contributed by atoms with van der Waals surface area (Å²) in [5, 5.41) is 15.7. The molecular weight excluding hydrogens is 354 g/mol. The molecule has 0 spiro atoms. The molecule has 3 aromatic rings. The van der Waals surface area contributed by atoms with Gasteiger partial charge in [0.1, 0.15) is 0 Å². The first-order chi connectivity index (χ1) is 12.5.